The molecule has 1 aliphatic heterocycles. The summed E-state index contributed by atoms with van der Waals surface area (Å²) >= 11 is 0. The van der Waals surface area contributed by atoms with E-state index in [9.17, 15) is 4.79 Å². The molecule has 21 heavy (non-hydrogen) atoms. The summed E-state index contributed by atoms with van der Waals surface area (Å²) in [4.78, 5) is 14.2. The first-order valence-electron chi connectivity index (χ1n) is 7.67. The zero-order chi connectivity index (χ0) is 15.3. The number of nitrogens with one attached hydrogen (secondary N) is 1. The number of ether oxygens (including phenoxy) is 1. The fourth-order valence-electron chi connectivity index (χ4n) is 2.37. The highest BCUT2D eigenvalue weighted by molar-refractivity contribution is 5.91. The number of nitrogens with zero attached hydrogens (tertiary/aromatic N) is 1. The molecule has 1 aromatic carbocycles. The molecule has 0 radical (unpaired) electrons. The van der Waals surface area contributed by atoms with Crippen molar-refractivity contribution in [3.8, 4) is 0 Å². The van der Waals surface area contributed by atoms with Gasteiger partial charge in [0.25, 0.3) is 0 Å². The van der Waals surface area contributed by atoms with Gasteiger partial charge in [0, 0.05) is 12.2 Å². The molecule has 1 fully saturated rings. The minimum atomic E-state index is -0.295. The zero-order valence-electron chi connectivity index (χ0n) is 13.3. The largest absolute Gasteiger partial charge is 0.366 e. The standard InChI is InChI=1S/C17H26N2O2/c1-17(2,3)21-13-16(20)18-15-8-6-14(7-9-15)12-19-10-4-5-11-19/h6-9H,4-5,10-13H2,1-3H3,(H,18,20). The van der Waals surface area contributed by atoms with E-state index in [-0.39, 0.29) is 18.1 Å². The van der Waals surface area contributed by atoms with E-state index in [1.54, 1.807) is 0 Å². The van der Waals surface area contributed by atoms with Crippen LogP contribution in [0.1, 0.15) is 39.2 Å². The molecule has 0 saturated carbocycles. The highest BCUT2D eigenvalue weighted by atomic mass is 16.5. The second kappa shape index (κ2) is 7.05. The molecule has 2 rings (SSSR count). The molecule has 0 aliphatic carbocycles. The summed E-state index contributed by atoms with van der Waals surface area (Å²) in [5.41, 5.74) is 1.82. The molecule has 1 N–H and O–H groups in total. The fraction of sp³-hybridized carbons (Fsp3) is 0.588. The van der Waals surface area contributed by atoms with Crippen molar-refractivity contribution in [1.29, 1.82) is 0 Å². The van der Waals surface area contributed by atoms with Crippen molar-refractivity contribution in [1.82, 2.24) is 4.90 Å². The topological polar surface area (TPSA) is 41.6 Å². The second-order valence-electron chi connectivity index (χ2n) is 6.63. The first kappa shape index (κ1) is 16.0. The van der Waals surface area contributed by atoms with Crippen LogP contribution >= 0.6 is 0 Å². The number of likely N-dealkylation sites (tertiary alicyclic amines) is 1. The van der Waals surface area contributed by atoms with Crippen molar-refractivity contribution in [3.05, 3.63) is 29.8 Å². The van der Waals surface area contributed by atoms with E-state index in [0.29, 0.717) is 0 Å². The van der Waals surface area contributed by atoms with Gasteiger partial charge in [-0.1, -0.05) is 12.1 Å². The van der Waals surface area contributed by atoms with Crippen LogP contribution in [0.5, 0.6) is 0 Å². The number of hydrogen-bond donors (Lipinski definition) is 1. The van der Waals surface area contributed by atoms with E-state index in [2.05, 4.69) is 22.3 Å². The fourth-order valence-corrected chi connectivity index (χ4v) is 2.37. The molecule has 0 bridgehead atoms. The predicted molar refractivity (Wildman–Crippen MR) is 85.3 cm³/mol. The average Bonchev–Trinajstić information content (AvgIpc) is 2.91. The number of rotatable bonds is 5. The summed E-state index contributed by atoms with van der Waals surface area (Å²) in [5, 5.41) is 2.86. The number of hydrogen-bond acceptors (Lipinski definition) is 3. The Balaban J connectivity index is 1.80. The quantitative estimate of drug-likeness (QED) is 0.906. The maximum absolute atomic E-state index is 11.8. The van der Waals surface area contributed by atoms with Gasteiger partial charge in [0.1, 0.15) is 6.61 Å². The molecule has 1 amide bonds. The van der Waals surface area contributed by atoms with Gasteiger partial charge in [-0.05, 0) is 64.4 Å². The highest BCUT2D eigenvalue weighted by Gasteiger charge is 2.13. The third-order valence-electron chi connectivity index (χ3n) is 3.48. The smallest absolute Gasteiger partial charge is 0.250 e. The lowest BCUT2D eigenvalue weighted by Gasteiger charge is -2.19. The van der Waals surface area contributed by atoms with Gasteiger partial charge in [-0.3, -0.25) is 9.69 Å². The Morgan fingerprint density at radius 3 is 2.38 bits per heavy atom. The van der Waals surface area contributed by atoms with Crippen molar-refractivity contribution in [2.75, 3.05) is 25.0 Å². The van der Waals surface area contributed by atoms with Gasteiger partial charge >= 0.3 is 0 Å². The van der Waals surface area contributed by atoms with Gasteiger partial charge in [-0.25, -0.2) is 0 Å². The van der Waals surface area contributed by atoms with Crippen molar-refractivity contribution in [2.45, 2.75) is 45.8 Å². The van der Waals surface area contributed by atoms with E-state index in [1.165, 1.54) is 31.5 Å². The average molecular weight is 290 g/mol. The Bertz CT molecular complexity index is 457. The highest BCUT2D eigenvalue weighted by Crippen LogP contribution is 2.15. The molecular weight excluding hydrogens is 264 g/mol. The van der Waals surface area contributed by atoms with Gasteiger partial charge in [-0.2, -0.15) is 0 Å². The third-order valence-corrected chi connectivity index (χ3v) is 3.48. The molecule has 0 unspecified atom stereocenters. The Morgan fingerprint density at radius 2 is 1.81 bits per heavy atom. The summed E-state index contributed by atoms with van der Waals surface area (Å²) in [7, 11) is 0. The van der Waals surface area contributed by atoms with E-state index in [0.717, 1.165) is 12.2 Å². The lowest BCUT2D eigenvalue weighted by Crippen LogP contribution is -2.27. The third kappa shape index (κ3) is 5.86. The molecule has 116 valence electrons. The minimum absolute atomic E-state index is 0.0824. The van der Waals surface area contributed by atoms with Crippen molar-refractivity contribution in [3.63, 3.8) is 0 Å². The summed E-state index contributed by atoms with van der Waals surface area (Å²) in [5.74, 6) is -0.114. The lowest BCUT2D eigenvalue weighted by molar-refractivity contribution is -0.125. The van der Waals surface area contributed by atoms with Crippen LogP contribution in [0.25, 0.3) is 0 Å². The molecule has 1 heterocycles. The van der Waals surface area contributed by atoms with Crippen molar-refractivity contribution < 1.29 is 9.53 Å². The van der Waals surface area contributed by atoms with Gasteiger partial charge in [0.15, 0.2) is 0 Å². The predicted octanol–water partition coefficient (Wildman–Crippen LogP) is 3.04. The van der Waals surface area contributed by atoms with Crippen LogP contribution in [0.4, 0.5) is 5.69 Å². The van der Waals surface area contributed by atoms with Crippen LogP contribution in [-0.4, -0.2) is 36.1 Å². The van der Waals surface area contributed by atoms with E-state index >= 15 is 0 Å². The van der Waals surface area contributed by atoms with Crippen LogP contribution in [0.15, 0.2) is 24.3 Å². The maximum Gasteiger partial charge on any atom is 0.250 e. The Labute approximate surface area is 127 Å². The van der Waals surface area contributed by atoms with Crippen LogP contribution in [0, 0.1) is 0 Å². The molecule has 4 heteroatoms. The number of amides is 1. The van der Waals surface area contributed by atoms with Crippen LogP contribution in [0.2, 0.25) is 0 Å². The molecule has 4 nitrogen and oxygen atoms in total. The van der Waals surface area contributed by atoms with Gasteiger partial charge in [0.2, 0.25) is 5.91 Å². The SMILES string of the molecule is CC(C)(C)OCC(=O)Nc1ccc(CN2CCCC2)cc1. The second-order valence-corrected chi connectivity index (χ2v) is 6.63. The molecule has 0 atom stereocenters. The lowest BCUT2D eigenvalue weighted by atomic mass is 10.2. The summed E-state index contributed by atoms with van der Waals surface area (Å²) in [6.07, 6.45) is 2.61. The minimum Gasteiger partial charge on any atom is -0.366 e. The molecule has 0 aromatic heterocycles. The Kier molecular flexibility index (Phi) is 5.37. The summed E-state index contributed by atoms with van der Waals surface area (Å²) in [6.45, 7) is 9.29. The van der Waals surface area contributed by atoms with E-state index in [4.69, 9.17) is 4.74 Å². The Morgan fingerprint density at radius 1 is 1.19 bits per heavy atom. The molecule has 1 aromatic rings. The van der Waals surface area contributed by atoms with Crippen LogP contribution in [-0.2, 0) is 16.1 Å². The van der Waals surface area contributed by atoms with E-state index in [1.807, 2.05) is 32.9 Å². The summed E-state index contributed by atoms with van der Waals surface area (Å²) in [6, 6.07) is 8.08. The van der Waals surface area contributed by atoms with E-state index < -0.39 is 0 Å². The Hall–Kier alpha value is -1.39. The first-order chi connectivity index (χ1) is 9.92. The first-order valence-corrected chi connectivity index (χ1v) is 7.67. The number of carbonyl (C=O) groups excluding carboxylic acids is 1. The number of carbonyl (C=O) groups is 1. The zero-order valence-corrected chi connectivity index (χ0v) is 13.3. The molecule has 1 saturated heterocycles. The number of benzene rings is 1. The van der Waals surface area contributed by atoms with Crippen LogP contribution < -0.4 is 5.32 Å². The molecular formula is C17H26N2O2. The number of anilines is 1. The van der Waals surface area contributed by atoms with Gasteiger partial charge < -0.3 is 10.1 Å². The van der Waals surface area contributed by atoms with Gasteiger partial charge in [-0.15, -0.1) is 0 Å². The van der Waals surface area contributed by atoms with Crippen molar-refractivity contribution >= 4 is 11.6 Å². The maximum atomic E-state index is 11.8. The van der Waals surface area contributed by atoms with Crippen LogP contribution in [0.3, 0.4) is 0 Å². The normalized spacial score (nSPS) is 16.1. The molecule has 0 spiro atoms. The van der Waals surface area contributed by atoms with Gasteiger partial charge in [0.05, 0.1) is 5.60 Å². The van der Waals surface area contributed by atoms with Crippen molar-refractivity contribution in [2.24, 2.45) is 0 Å². The monoisotopic (exact) mass is 290 g/mol. The summed E-state index contributed by atoms with van der Waals surface area (Å²) < 4.78 is 5.46. The molecule has 1 aliphatic rings.